The molecule has 0 unspecified atom stereocenters. The molecule has 0 saturated carbocycles. The molecule has 2 aromatic rings. The van der Waals surface area contributed by atoms with Gasteiger partial charge in [-0.1, -0.05) is 17.3 Å². The number of nitrogens with zero attached hydrogens (tertiary/aromatic N) is 3. The predicted molar refractivity (Wildman–Crippen MR) is 78.8 cm³/mol. The van der Waals surface area contributed by atoms with Gasteiger partial charge in [-0.25, -0.2) is 4.68 Å². The molecule has 5 nitrogen and oxygen atoms in total. The summed E-state index contributed by atoms with van der Waals surface area (Å²) < 4.78 is 7.64. The van der Waals surface area contributed by atoms with Gasteiger partial charge in [0.1, 0.15) is 5.75 Å². The first-order valence-corrected chi connectivity index (χ1v) is 6.99. The lowest BCUT2D eigenvalue weighted by molar-refractivity contribution is 0.297. The second-order valence-electron chi connectivity index (χ2n) is 4.90. The Labute approximate surface area is 119 Å². The van der Waals surface area contributed by atoms with Crippen molar-refractivity contribution in [3.05, 3.63) is 41.2 Å². The zero-order valence-corrected chi connectivity index (χ0v) is 12.2. The Kier molecular flexibility index (Phi) is 5.12. The summed E-state index contributed by atoms with van der Waals surface area (Å²) in [6, 6.07) is 8.09. The Morgan fingerprint density at radius 1 is 1.30 bits per heavy atom. The molecular formula is C15H22N4O. The van der Waals surface area contributed by atoms with Crippen LogP contribution < -0.4 is 10.5 Å². The highest BCUT2D eigenvalue weighted by Crippen LogP contribution is 2.12. The maximum atomic E-state index is 5.72. The van der Waals surface area contributed by atoms with E-state index >= 15 is 0 Å². The monoisotopic (exact) mass is 274 g/mol. The van der Waals surface area contributed by atoms with Crippen molar-refractivity contribution in [1.29, 1.82) is 0 Å². The first-order chi connectivity index (χ1) is 9.70. The van der Waals surface area contributed by atoms with E-state index in [0.29, 0.717) is 13.2 Å². The van der Waals surface area contributed by atoms with Crippen molar-refractivity contribution in [1.82, 2.24) is 15.0 Å². The SMILES string of the molecule is Cc1cccc(OCCCn2nnc(CCN)c2C)c1. The minimum atomic E-state index is 0.607. The van der Waals surface area contributed by atoms with Gasteiger partial charge in [-0.3, -0.25) is 0 Å². The third-order valence-corrected chi connectivity index (χ3v) is 3.23. The molecule has 0 spiro atoms. The maximum absolute atomic E-state index is 5.72. The number of aromatic nitrogens is 3. The topological polar surface area (TPSA) is 66.0 Å². The number of ether oxygens (including phenoxy) is 1. The second kappa shape index (κ2) is 7.05. The molecule has 1 aromatic carbocycles. The van der Waals surface area contributed by atoms with Crippen molar-refractivity contribution in [2.45, 2.75) is 33.2 Å². The predicted octanol–water partition coefficient (Wildman–Crippen LogP) is 1.87. The van der Waals surface area contributed by atoms with Crippen molar-refractivity contribution in [2.75, 3.05) is 13.2 Å². The average Bonchev–Trinajstić information content (AvgIpc) is 2.77. The first kappa shape index (κ1) is 14.5. The molecule has 0 aliphatic rings. The summed E-state index contributed by atoms with van der Waals surface area (Å²) in [5.41, 5.74) is 8.84. The molecule has 108 valence electrons. The van der Waals surface area contributed by atoms with Gasteiger partial charge in [0.25, 0.3) is 0 Å². The maximum Gasteiger partial charge on any atom is 0.119 e. The van der Waals surface area contributed by atoms with Gasteiger partial charge < -0.3 is 10.5 Å². The van der Waals surface area contributed by atoms with Crippen molar-refractivity contribution in [2.24, 2.45) is 5.73 Å². The van der Waals surface area contributed by atoms with E-state index in [1.807, 2.05) is 29.8 Å². The van der Waals surface area contributed by atoms with Crippen LogP contribution in [0.25, 0.3) is 0 Å². The summed E-state index contributed by atoms with van der Waals surface area (Å²) in [4.78, 5) is 0. The lowest BCUT2D eigenvalue weighted by Gasteiger charge is -2.07. The number of benzene rings is 1. The fourth-order valence-corrected chi connectivity index (χ4v) is 2.09. The fraction of sp³-hybridized carbons (Fsp3) is 0.467. The number of aryl methyl sites for hydroxylation is 2. The number of nitrogens with two attached hydrogens (primary N) is 1. The van der Waals surface area contributed by atoms with Crippen molar-refractivity contribution < 1.29 is 4.74 Å². The highest BCUT2D eigenvalue weighted by atomic mass is 16.5. The summed E-state index contributed by atoms with van der Waals surface area (Å²) in [7, 11) is 0. The summed E-state index contributed by atoms with van der Waals surface area (Å²) in [5, 5.41) is 8.29. The summed E-state index contributed by atoms with van der Waals surface area (Å²) in [6.07, 6.45) is 1.69. The van der Waals surface area contributed by atoms with E-state index in [0.717, 1.165) is 36.5 Å². The standard InChI is InChI=1S/C15H22N4O/c1-12-5-3-6-14(11-12)20-10-4-9-19-13(2)15(7-8-16)17-18-19/h3,5-6,11H,4,7-10,16H2,1-2H3. The molecule has 0 bridgehead atoms. The third kappa shape index (κ3) is 3.81. The Morgan fingerprint density at radius 2 is 2.15 bits per heavy atom. The van der Waals surface area contributed by atoms with E-state index in [-0.39, 0.29) is 0 Å². The molecule has 0 aliphatic heterocycles. The molecule has 0 radical (unpaired) electrons. The molecule has 2 rings (SSSR count). The van der Waals surface area contributed by atoms with Gasteiger partial charge in [0.15, 0.2) is 0 Å². The van der Waals surface area contributed by atoms with E-state index < -0.39 is 0 Å². The van der Waals surface area contributed by atoms with Gasteiger partial charge in [-0.05, 0) is 38.1 Å². The molecule has 0 fully saturated rings. The summed E-state index contributed by atoms with van der Waals surface area (Å²) in [5.74, 6) is 0.920. The molecule has 1 heterocycles. The molecular weight excluding hydrogens is 252 g/mol. The first-order valence-electron chi connectivity index (χ1n) is 6.99. The molecule has 0 saturated heterocycles. The highest BCUT2D eigenvalue weighted by molar-refractivity contribution is 5.27. The lowest BCUT2D eigenvalue weighted by atomic mass is 10.2. The van der Waals surface area contributed by atoms with Crippen LogP contribution in [0.2, 0.25) is 0 Å². The van der Waals surface area contributed by atoms with E-state index in [1.165, 1.54) is 5.56 Å². The molecule has 1 aromatic heterocycles. The normalized spacial score (nSPS) is 10.8. The van der Waals surface area contributed by atoms with E-state index in [2.05, 4.69) is 23.3 Å². The molecule has 20 heavy (non-hydrogen) atoms. The fourth-order valence-electron chi connectivity index (χ4n) is 2.09. The van der Waals surface area contributed by atoms with Gasteiger partial charge in [-0.15, -0.1) is 5.10 Å². The Morgan fingerprint density at radius 3 is 2.90 bits per heavy atom. The van der Waals surface area contributed by atoms with Crippen molar-refractivity contribution in [3.63, 3.8) is 0 Å². The van der Waals surface area contributed by atoms with Crippen LogP contribution in [0, 0.1) is 13.8 Å². The summed E-state index contributed by atoms with van der Waals surface area (Å²) >= 11 is 0. The van der Waals surface area contributed by atoms with Gasteiger partial charge in [-0.2, -0.15) is 0 Å². The van der Waals surface area contributed by atoms with Crippen LogP contribution in [0.15, 0.2) is 24.3 Å². The van der Waals surface area contributed by atoms with Crippen LogP contribution in [0.1, 0.15) is 23.4 Å². The minimum Gasteiger partial charge on any atom is -0.494 e. The van der Waals surface area contributed by atoms with Gasteiger partial charge in [0, 0.05) is 19.4 Å². The lowest BCUT2D eigenvalue weighted by Crippen LogP contribution is -2.08. The van der Waals surface area contributed by atoms with Crippen LogP contribution in [0.5, 0.6) is 5.75 Å². The Bertz CT molecular complexity index is 551. The van der Waals surface area contributed by atoms with Crippen molar-refractivity contribution in [3.8, 4) is 5.75 Å². The molecule has 0 amide bonds. The molecule has 5 heteroatoms. The third-order valence-electron chi connectivity index (χ3n) is 3.23. The van der Waals surface area contributed by atoms with Gasteiger partial charge in [0.2, 0.25) is 0 Å². The average molecular weight is 274 g/mol. The van der Waals surface area contributed by atoms with E-state index in [9.17, 15) is 0 Å². The Balaban J connectivity index is 1.78. The molecule has 2 N–H and O–H groups in total. The second-order valence-corrected chi connectivity index (χ2v) is 4.90. The minimum absolute atomic E-state index is 0.607. The van der Waals surface area contributed by atoms with Crippen LogP contribution in [-0.4, -0.2) is 28.1 Å². The van der Waals surface area contributed by atoms with Crippen LogP contribution >= 0.6 is 0 Å². The Hall–Kier alpha value is -1.88. The quantitative estimate of drug-likeness (QED) is 0.783. The zero-order valence-electron chi connectivity index (χ0n) is 12.2. The van der Waals surface area contributed by atoms with Gasteiger partial charge >= 0.3 is 0 Å². The zero-order chi connectivity index (χ0) is 14.4. The number of hydrogen-bond acceptors (Lipinski definition) is 4. The molecule has 0 atom stereocenters. The largest absolute Gasteiger partial charge is 0.494 e. The van der Waals surface area contributed by atoms with Gasteiger partial charge in [0.05, 0.1) is 18.0 Å². The van der Waals surface area contributed by atoms with Crippen LogP contribution in [0.3, 0.4) is 0 Å². The molecule has 0 aliphatic carbocycles. The number of hydrogen-bond donors (Lipinski definition) is 1. The van der Waals surface area contributed by atoms with Crippen LogP contribution in [0.4, 0.5) is 0 Å². The van der Waals surface area contributed by atoms with Crippen LogP contribution in [-0.2, 0) is 13.0 Å². The van der Waals surface area contributed by atoms with E-state index in [1.54, 1.807) is 0 Å². The van der Waals surface area contributed by atoms with E-state index in [4.69, 9.17) is 10.5 Å². The number of rotatable bonds is 7. The highest BCUT2D eigenvalue weighted by Gasteiger charge is 2.07. The summed E-state index contributed by atoms with van der Waals surface area (Å²) in [6.45, 7) is 6.19. The van der Waals surface area contributed by atoms with Crippen molar-refractivity contribution >= 4 is 0 Å². The smallest absolute Gasteiger partial charge is 0.119 e.